The Hall–Kier alpha value is -3.76. The van der Waals surface area contributed by atoms with Crippen LogP contribution in [0.3, 0.4) is 0 Å². The van der Waals surface area contributed by atoms with Gasteiger partial charge in [0.1, 0.15) is 5.76 Å². The maximum absolute atomic E-state index is 13.4. The van der Waals surface area contributed by atoms with Crippen molar-refractivity contribution in [1.29, 1.82) is 0 Å². The maximum atomic E-state index is 13.4. The lowest BCUT2D eigenvalue weighted by Gasteiger charge is -2.31. The molecular weight excluding hydrogens is 480 g/mol. The summed E-state index contributed by atoms with van der Waals surface area (Å²) in [4.78, 5) is 30.4. The van der Waals surface area contributed by atoms with Crippen molar-refractivity contribution in [3.63, 3.8) is 0 Å². The Labute approximate surface area is 214 Å². The van der Waals surface area contributed by atoms with Crippen LogP contribution in [0.1, 0.15) is 24.1 Å². The van der Waals surface area contributed by atoms with Gasteiger partial charge in [-0.3, -0.25) is 14.5 Å². The quantitative estimate of drug-likeness (QED) is 0.326. The third-order valence-corrected chi connectivity index (χ3v) is 6.75. The zero-order valence-corrected chi connectivity index (χ0v) is 20.9. The van der Waals surface area contributed by atoms with E-state index in [2.05, 4.69) is 4.90 Å². The van der Waals surface area contributed by atoms with E-state index in [-0.39, 0.29) is 18.1 Å². The van der Waals surface area contributed by atoms with Crippen molar-refractivity contribution < 1.29 is 38.4 Å². The number of hydrogen-bond donors (Lipinski definition) is 1. The number of aliphatic hydroxyl groups is 1. The average Bonchev–Trinajstić information content (AvgIpc) is 3.50. The van der Waals surface area contributed by atoms with Gasteiger partial charge in [-0.25, -0.2) is 0 Å². The third-order valence-electron chi connectivity index (χ3n) is 6.75. The van der Waals surface area contributed by atoms with Crippen molar-refractivity contribution in [2.45, 2.75) is 13.0 Å². The molecule has 0 aromatic heterocycles. The number of morpholine rings is 1. The third kappa shape index (κ3) is 4.82. The van der Waals surface area contributed by atoms with E-state index in [1.807, 2.05) is 6.92 Å². The Balaban J connectivity index is 1.56. The van der Waals surface area contributed by atoms with Gasteiger partial charge in [0, 0.05) is 31.7 Å². The van der Waals surface area contributed by atoms with Crippen molar-refractivity contribution in [2.75, 3.05) is 59.9 Å². The average molecular weight is 511 g/mol. The minimum atomic E-state index is -0.809. The minimum absolute atomic E-state index is 0.0112. The van der Waals surface area contributed by atoms with Crippen molar-refractivity contribution in [3.8, 4) is 23.0 Å². The van der Waals surface area contributed by atoms with Gasteiger partial charge in [0.25, 0.3) is 11.7 Å². The summed E-state index contributed by atoms with van der Waals surface area (Å²) >= 11 is 0. The molecule has 1 amide bonds. The number of aliphatic hydroxyl groups excluding tert-OH is 1. The fraction of sp³-hybridized carbons (Fsp3) is 0.407. The Morgan fingerprint density at radius 3 is 2.57 bits per heavy atom. The lowest BCUT2D eigenvalue weighted by molar-refractivity contribution is -0.140. The molecule has 10 nitrogen and oxygen atoms in total. The zero-order valence-electron chi connectivity index (χ0n) is 20.9. The molecule has 0 spiro atoms. The first-order chi connectivity index (χ1) is 18.0. The molecule has 2 fully saturated rings. The van der Waals surface area contributed by atoms with E-state index in [0.29, 0.717) is 67.0 Å². The molecule has 1 N–H and O–H groups in total. The molecule has 2 aromatic carbocycles. The summed E-state index contributed by atoms with van der Waals surface area (Å²) in [6, 6.07) is 9.39. The second-order valence-electron chi connectivity index (χ2n) is 8.86. The number of carbonyl (C=O) groups excluding carboxylic acids is 2. The van der Waals surface area contributed by atoms with Crippen molar-refractivity contribution in [2.24, 2.45) is 0 Å². The monoisotopic (exact) mass is 510 g/mol. The highest BCUT2D eigenvalue weighted by Crippen LogP contribution is 2.43. The van der Waals surface area contributed by atoms with E-state index in [0.717, 1.165) is 13.1 Å². The van der Waals surface area contributed by atoms with Crippen molar-refractivity contribution in [1.82, 2.24) is 9.80 Å². The number of ketones is 1. The molecule has 2 aromatic rings. The number of ether oxygens (including phenoxy) is 5. The number of benzene rings is 2. The first-order valence-electron chi connectivity index (χ1n) is 12.3. The molecule has 1 atom stereocenters. The number of rotatable bonds is 8. The molecule has 2 saturated heterocycles. The normalized spacial score (nSPS) is 20.9. The number of Topliss-reactive ketones (excluding diaryl/α,β-unsaturated/α-hetero) is 1. The van der Waals surface area contributed by atoms with E-state index in [9.17, 15) is 14.7 Å². The van der Waals surface area contributed by atoms with Gasteiger partial charge in [0.05, 0.1) is 38.5 Å². The number of likely N-dealkylation sites (tertiary alicyclic amines) is 1. The Bertz CT molecular complexity index is 1220. The van der Waals surface area contributed by atoms with E-state index in [4.69, 9.17) is 23.7 Å². The van der Waals surface area contributed by atoms with Gasteiger partial charge in [0.2, 0.25) is 6.79 Å². The molecular formula is C27H30N2O8. The largest absolute Gasteiger partial charge is 0.507 e. The lowest BCUT2D eigenvalue weighted by Crippen LogP contribution is -2.42. The van der Waals surface area contributed by atoms with Crippen LogP contribution in [0.25, 0.3) is 5.76 Å². The smallest absolute Gasteiger partial charge is 0.295 e. The Kier molecular flexibility index (Phi) is 7.20. The van der Waals surface area contributed by atoms with Crippen LogP contribution in [0.15, 0.2) is 42.0 Å². The number of methoxy groups -OCH3 is 1. The van der Waals surface area contributed by atoms with Crippen LogP contribution >= 0.6 is 0 Å². The van der Waals surface area contributed by atoms with Crippen LogP contribution in [0.2, 0.25) is 0 Å². The molecule has 0 bridgehead atoms. The highest BCUT2D eigenvalue weighted by atomic mass is 16.7. The summed E-state index contributed by atoms with van der Waals surface area (Å²) in [5.41, 5.74) is 0.999. The topological polar surface area (TPSA) is 107 Å². The number of amides is 1. The predicted octanol–water partition coefficient (Wildman–Crippen LogP) is 2.58. The van der Waals surface area contributed by atoms with Gasteiger partial charge in [0.15, 0.2) is 23.0 Å². The lowest BCUT2D eigenvalue weighted by atomic mass is 9.95. The fourth-order valence-corrected chi connectivity index (χ4v) is 4.86. The molecule has 1 unspecified atom stereocenters. The predicted molar refractivity (Wildman–Crippen MR) is 133 cm³/mol. The van der Waals surface area contributed by atoms with E-state index >= 15 is 0 Å². The highest BCUT2D eigenvalue weighted by molar-refractivity contribution is 6.46. The Morgan fingerprint density at radius 1 is 1.03 bits per heavy atom. The van der Waals surface area contributed by atoms with Gasteiger partial charge < -0.3 is 33.7 Å². The SMILES string of the molecule is CCOc1ccc(C2/C(=C(\O)c3ccc4c(c3)OCO4)C(=O)C(=O)N2CCN2CCOCC2)cc1OC. The fourth-order valence-electron chi connectivity index (χ4n) is 4.86. The summed E-state index contributed by atoms with van der Waals surface area (Å²) in [5.74, 6) is 0.364. The molecule has 37 heavy (non-hydrogen) atoms. The molecule has 3 aliphatic heterocycles. The van der Waals surface area contributed by atoms with E-state index in [1.165, 1.54) is 12.0 Å². The van der Waals surface area contributed by atoms with Crippen molar-refractivity contribution >= 4 is 17.4 Å². The van der Waals surface area contributed by atoms with Crippen LogP contribution in [0.5, 0.6) is 23.0 Å². The van der Waals surface area contributed by atoms with Crippen LogP contribution in [-0.4, -0.2) is 86.5 Å². The van der Waals surface area contributed by atoms with Crippen LogP contribution in [0.4, 0.5) is 0 Å². The summed E-state index contributed by atoms with van der Waals surface area (Å²) in [6.07, 6.45) is 0. The van der Waals surface area contributed by atoms with Gasteiger partial charge in [-0.2, -0.15) is 0 Å². The Morgan fingerprint density at radius 2 is 1.81 bits per heavy atom. The summed E-state index contributed by atoms with van der Waals surface area (Å²) in [6.45, 7) is 6.05. The molecule has 5 rings (SSSR count). The molecule has 0 aliphatic carbocycles. The summed E-state index contributed by atoms with van der Waals surface area (Å²) < 4.78 is 27.4. The number of carbonyl (C=O) groups is 2. The second-order valence-corrected chi connectivity index (χ2v) is 8.86. The molecule has 196 valence electrons. The first kappa shape index (κ1) is 24.9. The molecule has 0 saturated carbocycles. The van der Waals surface area contributed by atoms with E-state index < -0.39 is 17.7 Å². The van der Waals surface area contributed by atoms with Gasteiger partial charge in [-0.05, 0) is 42.8 Å². The van der Waals surface area contributed by atoms with Crippen LogP contribution in [-0.2, 0) is 14.3 Å². The van der Waals surface area contributed by atoms with Gasteiger partial charge in [-0.1, -0.05) is 6.07 Å². The second kappa shape index (κ2) is 10.7. The van der Waals surface area contributed by atoms with Crippen LogP contribution < -0.4 is 18.9 Å². The standard InChI is InChI=1S/C27H30N2O8/c1-3-35-19-6-4-17(14-21(19)33-2)24-23(25(30)18-5-7-20-22(15-18)37-16-36-20)26(31)27(32)29(24)9-8-28-10-12-34-13-11-28/h4-7,14-15,24,30H,3,8-13,16H2,1-2H3/b25-23+. The number of fused-ring (bicyclic) bond motifs is 1. The summed E-state index contributed by atoms with van der Waals surface area (Å²) in [7, 11) is 1.53. The minimum Gasteiger partial charge on any atom is -0.507 e. The first-order valence-corrected chi connectivity index (χ1v) is 12.3. The summed E-state index contributed by atoms with van der Waals surface area (Å²) in [5, 5.41) is 11.4. The van der Waals surface area contributed by atoms with Crippen molar-refractivity contribution in [3.05, 3.63) is 53.1 Å². The highest BCUT2D eigenvalue weighted by Gasteiger charge is 2.46. The molecule has 3 aliphatic rings. The molecule has 10 heteroatoms. The molecule has 0 radical (unpaired) electrons. The molecule has 3 heterocycles. The van der Waals surface area contributed by atoms with Gasteiger partial charge >= 0.3 is 0 Å². The number of hydrogen-bond acceptors (Lipinski definition) is 9. The van der Waals surface area contributed by atoms with Gasteiger partial charge in [-0.15, -0.1) is 0 Å². The maximum Gasteiger partial charge on any atom is 0.295 e. The van der Waals surface area contributed by atoms with E-state index in [1.54, 1.807) is 36.4 Å². The van der Waals surface area contributed by atoms with Crippen LogP contribution in [0, 0.1) is 0 Å². The zero-order chi connectivity index (χ0) is 25.9. The number of nitrogens with zero attached hydrogens (tertiary/aromatic N) is 2.